The highest BCUT2D eigenvalue weighted by molar-refractivity contribution is 7.99. The Morgan fingerprint density at radius 1 is 1.58 bits per heavy atom. The monoisotopic (exact) mass is 325 g/mol. The third-order valence-corrected chi connectivity index (χ3v) is 5.67. The molecule has 106 valence electrons. The molecule has 1 fully saturated rings. The van der Waals surface area contributed by atoms with Crippen LogP contribution in [-0.2, 0) is 14.6 Å². The molecule has 1 saturated heterocycles. The first kappa shape index (κ1) is 14.4. The van der Waals surface area contributed by atoms with Crippen LogP contribution in [0.3, 0.4) is 0 Å². The molecule has 0 aromatic carbocycles. The van der Waals surface area contributed by atoms with Gasteiger partial charge >= 0.3 is 0 Å². The molecule has 1 aliphatic heterocycles. The summed E-state index contributed by atoms with van der Waals surface area (Å²) < 4.78 is 22.7. The molecule has 2 atom stereocenters. The zero-order chi connectivity index (χ0) is 14.0. The molecule has 2 unspecified atom stereocenters. The molecule has 1 aliphatic rings. The number of thioether (sulfide) groups is 1. The molecule has 11 heteroatoms. The van der Waals surface area contributed by atoms with Gasteiger partial charge in [0.1, 0.15) is 0 Å². The third kappa shape index (κ3) is 3.98. The number of hydrogen-bond donors (Lipinski definition) is 3. The van der Waals surface area contributed by atoms with E-state index in [9.17, 15) is 13.2 Å². The Balaban J connectivity index is 1.82. The summed E-state index contributed by atoms with van der Waals surface area (Å²) >= 11 is 6.98. The number of nitrogen functional groups attached to an aromatic ring is 1. The maximum Gasteiger partial charge on any atom is 0.230 e. The van der Waals surface area contributed by atoms with Gasteiger partial charge in [0.15, 0.2) is 9.84 Å². The molecule has 0 bridgehead atoms. The average molecular weight is 326 g/mol. The van der Waals surface area contributed by atoms with Gasteiger partial charge in [-0.15, -0.1) is 16.7 Å². The average Bonchev–Trinajstić information content (AvgIpc) is 2.80. The fourth-order valence-corrected chi connectivity index (χ4v) is 4.80. The first-order chi connectivity index (χ1) is 8.85. The third-order valence-electron chi connectivity index (χ3n) is 2.44. The van der Waals surface area contributed by atoms with Crippen LogP contribution >= 0.6 is 23.4 Å². The zero-order valence-corrected chi connectivity index (χ0v) is 12.1. The van der Waals surface area contributed by atoms with Crippen molar-refractivity contribution < 1.29 is 13.2 Å². The van der Waals surface area contributed by atoms with Crippen LogP contribution in [0.4, 0.5) is 5.95 Å². The Morgan fingerprint density at radius 2 is 2.32 bits per heavy atom. The van der Waals surface area contributed by atoms with E-state index in [4.69, 9.17) is 17.3 Å². The summed E-state index contributed by atoms with van der Waals surface area (Å²) in [5, 5.41) is 8.57. The van der Waals surface area contributed by atoms with E-state index in [1.165, 1.54) is 0 Å². The maximum atomic E-state index is 11.7. The molecule has 8 nitrogen and oxygen atoms in total. The summed E-state index contributed by atoms with van der Waals surface area (Å²) in [5.41, 5.74) is 5.34. The van der Waals surface area contributed by atoms with Crippen LogP contribution in [0.1, 0.15) is 0 Å². The largest absolute Gasteiger partial charge is 0.368 e. The lowest BCUT2D eigenvalue weighted by Gasteiger charge is -2.13. The lowest BCUT2D eigenvalue weighted by Crippen LogP contribution is -2.41. The van der Waals surface area contributed by atoms with Gasteiger partial charge in [-0.1, -0.05) is 11.8 Å². The number of anilines is 1. The van der Waals surface area contributed by atoms with Gasteiger partial charge in [0.2, 0.25) is 17.0 Å². The Morgan fingerprint density at radius 3 is 2.84 bits per heavy atom. The summed E-state index contributed by atoms with van der Waals surface area (Å²) in [4.78, 5) is 15.5. The van der Waals surface area contributed by atoms with Crippen LogP contribution < -0.4 is 11.1 Å². The van der Waals surface area contributed by atoms with Gasteiger partial charge in [-0.3, -0.25) is 4.79 Å². The van der Waals surface area contributed by atoms with Gasteiger partial charge in [-0.2, -0.15) is 4.98 Å². The van der Waals surface area contributed by atoms with E-state index < -0.39 is 21.3 Å². The topological polar surface area (TPSA) is 131 Å². The number of aromatic amines is 1. The Kier molecular flexibility index (Phi) is 4.21. The Bertz CT molecular complexity index is 575. The number of sulfone groups is 1. The number of aromatic nitrogens is 3. The van der Waals surface area contributed by atoms with Crippen molar-refractivity contribution in [3.63, 3.8) is 0 Å². The maximum absolute atomic E-state index is 11.7. The standard InChI is InChI=1S/C8H12ClN5O3S2/c9-4-2-19(16,17)3-5(4)11-6(15)1-18-8-12-7(10)13-14-8/h4-5H,1-3H2,(H,11,15)(H3,10,12,13,14). The highest BCUT2D eigenvalue weighted by Crippen LogP contribution is 2.18. The predicted molar refractivity (Wildman–Crippen MR) is 71.7 cm³/mol. The minimum absolute atomic E-state index is 0.0669. The first-order valence-corrected chi connectivity index (χ1v) is 8.54. The minimum atomic E-state index is -3.15. The van der Waals surface area contributed by atoms with Crippen LogP contribution in [0.5, 0.6) is 0 Å². The smallest absolute Gasteiger partial charge is 0.230 e. The fourth-order valence-electron chi connectivity index (χ4n) is 1.64. The fraction of sp³-hybridized carbons (Fsp3) is 0.625. The summed E-state index contributed by atoms with van der Waals surface area (Å²) in [6.07, 6.45) is 0. The van der Waals surface area contributed by atoms with Crippen LogP contribution in [0.25, 0.3) is 0 Å². The molecule has 1 aromatic rings. The van der Waals surface area contributed by atoms with Gasteiger partial charge in [-0.05, 0) is 0 Å². The number of nitrogens with two attached hydrogens (primary N) is 1. The zero-order valence-electron chi connectivity index (χ0n) is 9.67. The molecule has 19 heavy (non-hydrogen) atoms. The van der Waals surface area contributed by atoms with Crippen LogP contribution in [0.15, 0.2) is 5.16 Å². The Labute approximate surface area is 118 Å². The van der Waals surface area contributed by atoms with Gasteiger partial charge in [-0.25, -0.2) is 13.5 Å². The van der Waals surface area contributed by atoms with E-state index in [2.05, 4.69) is 20.5 Å². The molecular formula is C8H12ClN5O3S2. The summed E-state index contributed by atoms with van der Waals surface area (Å²) in [7, 11) is -3.15. The number of rotatable bonds is 4. The molecule has 0 radical (unpaired) electrons. The lowest BCUT2D eigenvalue weighted by molar-refractivity contribution is -0.119. The van der Waals surface area contributed by atoms with Crippen molar-refractivity contribution in [1.29, 1.82) is 0 Å². The second kappa shape index (κ2) is 5.55. The summed E-state index contributed by atoms with van der Waals surface area (Å²) in [6.45, 7) is 0. The molecular weight excluding hydrogens is 314 g/mol. The Hall–Kier alpha value is -1.00. The van der Waals surface area contributed by atoms with Gasteiger partial charge < -0.3 is 11.1 Å². The van der Waals surface area contributed by atoms with Crippen molar-refractivity contribution >= 4 is 45.1 Å². The first-order valence-electron chi connectivity index (χ1n) is 5.30. The molecule has 1 aromatic heterocycles. The van der Waals surface area contributed by atoms with E-state index in [1.54, 1.807) is 0 Å². The molecule has 2 heterocycles. The number of nitrogens with zero attached hydrogens (tertiary/aromatic N) is 2. The molecule has 0 saturated carbocycles. The SMILES string of the molecule is Nc1nc(SCC(=O)NC2CS(=O)(=O)CC2Cl)n[nH]1. The van der Waals surface area contributed by atoms with E-state index in [-0.39, 0.29) is 29.1 Å². The quantitative estimate of drug-likeness (QED) is 0.478. The van der Waals surface area contributed by atoms with Crippen LogP contribution in [-0.4, -0.2) is 58.2 Å². The number of alkyl halides is 1. The number of carbonyl (C=O) groups excluding carboxylic acids is 1. The molecule has 2 rings (SSSR count). The van der Waals surface area contributed by atoms with Crippen molar-refractivity contribution in [3.05, 3.63) is 0 Å². The minimum Gasteiger partial charge on any atom is -0.368 e. The molecule has 0 spiro atoms. The van der Waals surface area contributed by atoms with E-state index in [0.717, 1.165) is 11.8 Å². The molecule has 4 N–H and O–H groups in total. The van der Waals surface area contributed by atoms with Crippen molar-refractivity contribution in [1.82, 2.24) is 20.5 Å². The number of H-pyrrole nitrogens is 1. The highest BCUT2D eigenvalue weighted by Gasteiger charge is 2.37. The number of nitrogens with one attached hydrogen (secondary N) is 2. The number of halogens is 1. The van der Waals surface area contributed by atoms with E-state index in [0.29, 0.717) is 5.16 Å². The lowest BCUT2D eigenvalue weighted by atomic mass is 10.2. The van der Waals surface area contributed by atoms with Gasteiger partial charge in [0.25, 0.3) is 0 Å². The van der Waals surface area contributed by atoms with E-state index >= 15 is 0 Å². The van der Waals surface area contributed by atoms with Crippen LogP contribution in [0, 0.1) is 0 Å². The van der Waals surface area contributed by atoms with Gasteiger partial charge in [0, 0.05) is 0 Å². The molecule has 0 aliphatic carbocycles. The summed E-state index contributed by atoms with van der Waals surface area (Å²) in [6, 6.07) is -0.544. The summed E-state index contributed by atoms with van der Waals surface area (Å²) in [5.74, 6) is -0.307. The van der Waals surface area contributed by atoms with Gasteiger partial charge in [0.05, 0.1) is 28.7 Å². The van der Waals surface area contributed by atoms with Crippen molar-refractivity contribution in [2.75, 3.05) is 23.0 Å². The number of hydrogen-bond acceptors (Lipinski definition) is 7. The normalized spacial score (nSPS) is 25.3. The number of amides is 1. The molecule has 1 amide bonds. The number of carbonyl (C=O) groups is 1. The van der Waals surface area contributed by atoms with Crippen molar-refractivity contribution in [3.8, 4) is 0 Å². The second-order valence-electron chi connectivity index (χ2n) is 4.06. The van der Waals surface area contributed by atoms with Crippen molar-refractivity contribution in [2.24, 2.45) is 0 Å². The highest BCUT2D eigenvalue weighted by atomic mass is 35.5. The van der Waals surface area contributed by atoms with Crippen molar-refractivity contribution in [2.45, 2.75) is 16.6 Å². The van der Waals surface area contributed by atoms with E-state index in [1.807, 2.05) is 0 Å². The predicted octanol–water partition coefficient (Wildman–Crippen LogP) is -1.00. The second-order valence-corrected chi connectivity index (χ2v) is 7.72. The van der Waals surface area contributed by atoms with Crippen LogP contribution in [0.2, 0.25) is 0 Å².